The minimum atomic E-state index is -0.364. The highest BCUT2D eigenvalue weighted by Gasteiger charge is 2.18. The Morgan fingerprint density at radius 2 is 1.73 bits per heavy atom. The zero-order chi connectivity index (χ0) is 16.4. The molecule has 122 valence electrons. The summed E-state index contributed by atoms with van der Waals surface area (Å²) in [6.45, 7) is 7.22. The summed E-state index contributed by atoms with van der Waals surface area (Å²) in [6, 6.07) is 7.19. The average Bonchev–Trinajstić information content (AvgIpc) is 2.52. The fraction of sp³-hybridized carbons (Fsp3) is 0.529. The van der Waals surface area contributed by atoms with Crippen LogP contribution in [0.25, 0.3) is 0 Å². The number of benzene rings is 1. The van der Waals surface area contributed by atoms with Crippen LogP contribution in [0.2, 0.25) is 0 Å². The monoisotopic (exact) mass is 307 g/mol. The van der Waals surface area contributed by atoms with Crippen LogP contribution >= 0.6 is 0 Å². The largest absolute Gasteiger partial charge is 0.462 e. The molecule has 0 radical (unpaired) electrons. The van der Waals surface area contributed by atoms with Gasteiger partial charge in [0, 0.05) is 13.1 Å². The highest BCUT2D eigenvalue weighted by Crippen LogP contribution is 2.14. The van der Waals surface area contributed by atoms with Crippen LogP contribution in [-0.4, -0.2) is 36.7 Å². The molecule has 1 aromatic rings. The van der Waals surface area contributed by atoms with Gasteiger partial charge in [0.25, 0.3) is 0 Å². The molecule has 22 heavy (non-hydrogen) atoms. The predicted molar refractivity (Wildman–Crippen MR) is 84.7 cm³/mol. The van der Waals surface area contributed by atoms with Crippen LogP contribution in [0.1, 0.15) is 49.5 Å². The molecule has 0 aromatic heterocycles. The standard InChI is InChI=1S/C17H25NO4/c1-4-7-12-18(17(20)22-6-3)13-14-10-8-9-11-15(14)16(19)21-5-2/h8-11H,4-7,12-13H2,1-3H3. The lowest BCUT2D eigenvalue weighted by molar-refractivity contribution is 0.0522. The van der Waals surface area contributed by atoms with Crippen LogP contribution in [0.5, 0.6) is 0 Å². The summed E-state index contributed by atoms with van der Waals surface area (Å²) in [7, 11) is 0. The van der Waals surface area contributed by atoms with Gasteiger partial charge in [-0.3, -0.25) is 0 Å². The summed E-state index contributed by atoms with van der Waals surface area (Å²) in [5, 5.41) is 0. The molecule has 5 heteroatoms. The second kappa shape index (κ2) is 9.82. The third kappa shape index (κ3) is 5.39. The van der Waals surface area contributed by atoms with Crippen molar-refractivity contribution in [2.45, 2.75) is 40.2 Å². The maximum absolute atomic E-state index is 12.0. The van der Waals surface area contributed by atoms with E-state index in [0.29, 0.717) is 31.9 Å². The van der Waals surface area contributed by atoms with Crippen LogP contribution in [0.15, 0.2) is 24.3 Å². The molecule has 1 amide bonds. The molecule has 0 N–H and O–H groups in total. The van der Waals surface area contributed by atoms with E-state index in [2.05, 4.69) is 6.92 Å². The van der Waals surface area contributed by atoms with E-state index >= 15 is 0 Å². The maximum Gasteiger partial charge on any atom is 0.410 e. The van der Waals surface area contributed by atoms with Gasteiger partial charge in [0.05, 0.1) is 18.8 Å². The minimum Gasteiger partial charge on any atom is -0.462 e. The first-order chi connectivity index (χ1) is 10.6. The van der Waals surface area contributed by atoms with Crippen molar-refractivity contribution < 1.29 is 19.1 Å². The molecule has 0 spiro atoms. The van der Waals surface area contributed by atoms with E-state index in [1.54, 1.807) is 30.9 Å². The number of esters is 1. The Kier molecular flexibility index (Phi) is 8.04. The van der Waals surface area contributed by atoms with E-state index in [1.165, 1.54) is 0 Å². The lowest BCUT2D eigenvalue weighted by Gasteiger charge is -2.22. The molecule has 0 saturated carbocycles. The number of carbonyl (C=O) groups is 2. The average molecular weight is 307 g/mol. The second-order valence-corrected chi connectivity index (χ2v) is 4.85. The fourth-order valence-electron chi connectivity index (χ4n) is 2.07. The van der Waals surface area contributed by atoms with Gasteiger partial charge in [0.1, 0.15) is 0 Å². The number of hydrogen-bond donors (Lipinski definition) is 0. The van der Waals surface area contributed by atoms with E-state index in [9.17, 15) is 9.59 Å². The molecule has 1 rings (SSSR count). The van der Waals surface area contributed by atoms with Gasteiger partial charge in [-0.05, 0) is 31.9 Å². The smallest absolute Gasteiger partial charge is 0.410 e. The van der Waals surface area contributed by atoms with Crippen molar-refractivity contribution in [2.24, 2.45) is 0 Å². The van der Waals surface area contributed by atoms with Gasteiger partial charge in [0.15, 0.2) is 0 Å². The van der Waals surface area contributed by atoms with Crippen LogP contribution in [0, 0.1) is 0 Å². The van der Waals surface area contributed by atoms with E-state index in [1.807, 2.05) is 12.1 Å². The minimum absolute atomic E-state index is 0.324. The highest BCUT2D eigenvalue weighted by atomic mass is 16.6. The Hall–Kier alpha value is -2.04. The molecule has 0 aliphatic rings. The molecule has 0 heterocycles. The van der Waals surface area contributed by atoms with Crippen LogP contribution < -0.4 is 0 Å². The molecule has 0 aliphatic carbocycles. The van der Waals surface area contributed by atoms with E-state index in [0.717, 1.165) is 18.4 Å². The molecule has 0 bridgehead atoms. The Morgan fingerprint density at radius 3 is 2.36 bits per heavy atom. The van der Waals surface area contributed by atoms with Gasteiger partial charge in [-0.2, -0.15) is 0 Å². The van der Waals surface area contributed by atoms with Gasteiger partial charge < -0.3 is 14.4 Å². The van der Waals surface area contributed by atoms with E-state index < -0.39 is 0 Å². The van der Waals surface area contributed by atoms with Crippen molar-refractivity contribution in [2.75, 3.05) is 19.8 Å². The van der Waals surface area contributed by atoms with Crippen molar-refractivity contribution in [1.29, 1.82) is 0 Å². The Labute approximate surface area is 132 Å². The van der Waals surface area contributed by atoms with Crippen molar-refractivity contribution >= 4 is 12.1 Å². The van der Waals surface area contributed by atoms with Gasteiger partial charge >= 0.3 is 12.1 Å². The summed E-state index contributed by atoms with van der Waals surface area (Å²) in [5.41, 5.74) is 1.26. The van der Waals surface area contributed by atoms with Gasteiger partial charge in [-0.15, -0.1) is 0 Å². The number of nitrogens with zero attached hydrogens (tertiary/aromatic N) is 1. The topological polar surface area (TPSA) is 55.8 Å². The third-order valence-corrected chi connectivity index (χ3v) is 3.18. The van der Waals surface area contributed by atoms with Crippen molar-refractivity contribution in [3.63, 3.8) is 0 Å². The predicted octanol–water partition coefficient (Wildman–Crippen LogP) is 3.62. The van der Waals surface area contributed by atoms with Crippen LogP contribution in [0.3, 0.4) is 0 Å². The van der Waals surface area contributed by atoms with Crippen molar-refractivity contribution in [1.82, 2.24) is 4.90 Å². The first kappa shape index (κ1) is 18.0. The Balaban J connectivity index is 2.92. The first-order valence-corrected chi connectivity index (χ1v) is 7.80. The molecule has 0 atom stereocenters. The first-order valence-electron chi connectivity index (χ1n) is 7.80. The van der Waals surface area contributed by atoms with Crippen molar-refractivity contribution in [3.8, 4) is 0 Å². The molecule has 1 aromatic carbocycles. The number of carbonyl (C=O) groups excluding carboxylic acids is 2. The maximum atomic E-state index is 12.0. The van der Waals surface area contributed by atoms with Gasteiger partial charge in [-0.1, -0.05) is 31.5 Å². The molecule has 0 aliphatic heterocycles. The van der Waals surface area contributed by atoms with Gasteiger partial charge in [0.2, 0.25) is 0 Å². The highest BCUT2D eigenvalue weighted by molar-refractivity contribution is 5.91. The molecule has 0 unspecified atom stereocenters. The summed E-state index contributed by atoms with van der Waals surface area (Å²) in [6.07, 6.45) is 1.52. The second-order valence-electron chi connectivity index (χ2n) is 4.85. The summed E-state index contributed by atoms with van der Waals surface area (Å²) >= 11 is 0. The number of amides is 1. The summed E-state index contributed by atoms with van der Waals surface area (Å²) < 4.78 is 10.2. The quantitative estimate of drug-likeness (QED) is 0.688. The zero-order valence-electron chi connectivity index (χ0n) is 13.6. The third-order valence-electron chi connectivity index (χ3n) is 3.18. The Bertz CT molecular complexity index is 487. The molecule has 5 nitrogen and oxygen atoms in total. The fourth-order valence-corrected chi connectivity index (χ4v) is 2.07. The van der Waals surface area contributed by atoms with E-state index in [4.69, 9.17) is 9.47 Å². The normalized spacial score (nSPS) is 10.1. The van der Waals surface area contributed by atoms with Crippen molar-refractivity contribution in [3.05, 3.63) is 35.4 Å². The number of ether oxygens (including phenoxy) is 2. The lowest BCUT2D eigenvalue weighted by atomic mass is 10.1. The number of hydrogen-bond acceptors (Lipinski definition) is 4. The Morgan fingerprint density at radius 1 is 1.05 bits per heavy atom. The summed E-state index contributed by atoms with van der Waals surface area (Å²) in [4.78, 5) is 25.7. The van der Waals surface area contributed by atoms with E-state index in [-0.39, 0.29) is 12.1 Å². The molecular formula is C17H25NO4. The SMILES string of the molecule is CCCCN(Cc1ccccc1C(=O)OCC)C(=O)OCC. The summed E-state index contributed by atoms with van der Waals surface area (Å²) in [5.74, 6) is -0.364. The molecule has 0 saturated heterocycles. The van der Waals surface area contributed by atoms with Crippen LogP contribution in [0.4, 0.5) is 4.79 Å². The molecule has 0 fully saturated rings. The molecular weight excluding hydrogens is 282 g/mol. The van der Waals surface area contributed by atoms with Gasteiger partial charge in [-0.25, -0.2) is 9.59 Å². The lowest BCUT2D eigenvalue weighted by Crippen LogP contribution is -2.32. The van der Waals surface area contributed by atoms with Crippen LogP contribution in [-0.2, 0) is 16.0 Å². The zero-order valence-corrected chi connectivity index (χ0v) is 13.6. The number of unbranched alkanes of at least 4 members (excludes halogenated alkanes) is 1. The number of rotatable bonds is 8.